The van der Waals surface area contributed by atoms with Crippen LogP contribution in [0, 0.1) is 19.7 Å². The topological polar surface area (TPSA) is 72.1 Å². The first-order valence-corrected chi connectivity index (χ1v) is 8.84. The fourth-order valence-corrected chi connectivity index (χ4v) is 4.20. The van der Waals surface area contributed by atoms with Gasteiger partial charge in [0.1, 0.15) is 15.5 Å². The second-order valence-corrected chi connectivity index (χ2v) is 7.39. The van der Waals surface area contributed by atoms with E-state index in [-0.39, 0.29) is 17.6 Å². The van der Waals surface area contributed by atoms with Gasteiger partial charge in [0.2, 0.25) is 0 Å². The Kier molecular flexibility index (Phi) is 3.68. The molecule has 0 atom stereocenters. The lowest BCUT2D eigenvalue weighted by Gasteiger charge is -2.39. The van der Waals surface area contributed by atoms with Crippen molar-refractivity contribution in [2.24, 2.45) is 0 Å². The SMILES string of the molecule is Cc1nnc2sc(C(=O)N3CC(c4ccc(F)cc4)C3)c(N)c2c1C. The van der Waals surface area contributed by atoms with Gasteiger partial charge in [-0.25, -0.2) is 4.39 Å². The van der Waals surface area contributed by atoms with Crippen molar-refractivity contribution in [1.29, 1.82) is 0 Å². The van der Waals surface area contributed by atoms with E-state index >= 15 is 0 Å². The van der Waals surface area contributed by atoms with E-state index in [9.17, 15) is 9.18 Å². The van der Waals surface area contributed by atoms with E-state index in [0.29, 0.717) is 28.5 Å². The summed E-state index contributed by atoms with van der Waals surface area (Å²) in [6.07, 6.45) is 0. The molecular formula is C18H17FN4OS. The highest BCUT2D eigenvalue weighted by atomic mass is 32.1. The summed E-state index contributed by atoms with van der Waals surface area (Å²) >= 11 is 1.29. The third-order valence-electron chi connectivity index (χ3n) is 4.84. The number of likely N-dealkylation sites (tertiary alicyclic amines) is 1. The van der Waals surface area contributed by atoms with Gasteiger partial charge in [-0.3, -0.25) is 4.79 Å². The number of thiophene rings is 1. The first-order valence-electron chi connectivity index (χ1n) is 8.02. The van der Waals surface area contributed by atoms with Crippen molar-refractivity contribution < 1.29 is 9.18 Å². The van der Waals surface area contributed by atoms with E-state index in [1.165, 1.54) is 23.5 Å². The maximum atomic E-state index is 13.0. The molecule has 25 heavy (non-hydrogen) atoms. The Morgan fingerprint density at radius 2 is 1.92 bits per heavy atom. The van der Waals surface area contributed by atoms with Gasteiger partial charge in [0.05, 0.1) is 11.4 Å². The van der Waals surface area contributed by atoms with E-state index in [1.807, 2.05) is 13.8 Å². The van der Waals surface area contributed by atoms with Gasteiger partial charge in [-0.05, 0) is 37.1 Å². The standard InChI is InChI=1S/C18H17FN4OS/c1-9-10(2)21-22-17-14(9)15(20)16(25-17)18(24)23-7-12(8-23)11-3-5-13(19)6-4-11/h3-6,12H,7-8,20H2,1-2H3. The Morgan fingerprint density at radius 3 is 2.60 bits per heavy atom. The molecule has 0 aliphatic carbocycles. The van der Waals surface area contributed by atoms with Crippen LogP contribution in [-0.2, 0) is 0 Å². The van der Waals surface area contributed by atoms with Crippen molar-refractivity contribution in [3.63, 3.8) is 0 Å². The molecule has 7 heteroatoms. The molecule has 0 spiro atoms. The zero-order chi connectivity index (χ0) is 17.7. The minimum Gasteiger partial charge on any atom is -0.397 e. The van der Waals surface area contributed by atoms with E-state index in [2.05, 4.69) is 10.2 Å². The first-order chi connectivity index (χ1) is 12.0. The van der Waals surface area contributed by atoms with E-state index in [1.54, 1.807) is 17.0 Å². The van der Waals surface area contributed by atoms with Crippen molar-refractivity contribution in [3.05, 3.63) is 51.8 Å². The Hall–Kier alpha value is -2.54. The Morgan fingerprint density at radius 1 is 1.24 bits per heavy atom. The van der Waals surface area contributed by atoms with Gasteiger partial charge in [-0.15, -0.1) is 16.4 Å². The van der Waals surface area contributed by atoms with Crippen molar-refractivity contribution in [3.8, 4) is 0 Å². The molecule has 2 aromatic heterocycles. The molecule has 0 bridgehead atoms. The van der Waals surface area contributed by atoms with Crippen molar-refractivity contribution >= 4 is 33.1 Å². The summed E-state index contributed by atoms with van der Waals surface area (Å²) in [5.41, 5.74) is 9.56. The van der Waals surface area contributed by atoms with Gasteiger partial charge < -0.3 is 10.6 Å². The third-order valence-corrected chi connectivity index (χ3v) is 5.92. The summed E-state index contributed by atoms with van der Waals surface area (Å²) in [6.45, 7) is 5.05. The maximum Gasteiger partial charge on any atom is 0.266 e. The highest BCUT2D eigenvalue weighted by Gasteiger charge is 2.34. The van der Waals surface area contributed by atoms with Crippen LogP contribution in [0.25, 0.3) is 10.2 Å². The number of nitrogen functional groups attached to an aromatic ring is 1. The van der Waals surface area contributed by atoms with Gasteiger partial charge in [0.25, 0.3) is 5.91 Å². The number of hydrogen-bond donors (Lipinski definition) is 1. The lowest BCUT2D eigenvalue weighted by Crippen LogP contribution is -2.48. The number of benzene rings is 1. The van der Waals surface area contributed by atoms with Crippen LogP contribution in [0.1, 0.15) is 32.4 Å². The first kappa shape index (κ1) is 16.0. The molecule has 2 N–H and O–H groups in total. The molecule has 1 aromatic carbocycles. The number of carbonyl (C=O) groups excluding carboxylic acids is 1. The number of anilines is 1. The number of carbonyl (C=O) groups is 1. The summed E-state index contributed by atoms with van der Waals surface area (Å²) < 4.78 is 13.0. The van der Waals surface area contributed by atoms with Crippen molar-refractivity contribution in [2.75, 3.05) is 18.8 Å². The smallest absolute Gasteiger partial charge is 0.266 e. The Bertz CT molecular complexity index is 977. The normalized spacial score (nSPS) is 14.8. The largest absolute Gasteiger partial charge is 0.397 e. The van der Waals surface area contributed by atoms with Gasteiger partial charge in [0.15, 0.2) is 0 Å². The number of nitrogens with two attached hydrogens (primary N) is 1. The van der Waals surface area contributed by atoms with Crippen LogP contribution >= 0.6 is 11.3 Å². The maximum absolute atomic E-state index is 13.0. The highest BCUT2D eigenvalue weighted by molar-refractivity contribution is 7.21. The molecule has 1 fully saturated rings. The van der Waals surface area contributed by atoms with E-state index < -0.39 is 0 Å². The van der Waals surface area contributed by atoms with Crippen molar-refractivity contribution in [1.82, 2.24) is 15.1 Å². The van der Waals surface area contributed by atoms with Crippen molar-refractivity contribution in [2.45, 2.75) is 19.8 Å². The van der Waals surface area contributed by atoms with Crippen LogP contribution in [0.4, 0.5) is 10.1 Å². The zero-order valence-corrected chi connectivity index (χ0v) is 14.7. The van der Waals surface area contributed by atoms with Crippen LogP contribution in [0.15, 0.2) is 24.3 Å². The minimum atomic E-state index is -0.249. The van der Waals surface area contributed by atoms with E-state index in [4.69, 9.17) is 5.73 Å². The Labute approximate surface area is 148 Å². The summed E-state index contributed by atoms with van der Waals surface area (Å²) in [6, 6.07) is 6.45. The average molecular weight is 356 g/mol. The quantitative estimate of drug-likeness (QED) is 0.765. The predicted octanol–water partition coefficient (Wildman–Crippen LogP) is 3.27. The zero-order valence-electron chi connectivity index (χ0n) is 13.9. The second kappa shape index (κ2) is 5.77. The molecule has 1 aliphatic heterocycles. The Balaban J connectivity index is 1.57. The average Bonchev–Trinajstić information content (AvgIpc) is 2.89. The summed E-state index contributed by atoms with van der Waals surface area (Å²) in [5.74, 6) is -0.0827. The monoisotopic (exact) mass is 356 g/mol. The molecule has 128 valence electrons. The second-order valence-electron chi connectivity index (χ2n) is 6.39. The number of rotatable bonds is 2. The predicted molar refractivity (Wildman–Crippen MR) is 96.3 cm³/mol. The number of halogens is 1. The van der Waals surface area contributed by atoms with Gasteiger partial charge in [0, 0.05) is 24.4 Å². The van der Waals surface area contributed by atoms with Crippen LogP contribution in [0.3, 0.4) is 0 Å². The molecule has 3 heterocycles. The van der Waals surface area contributed by atoms with Gasteiger partial charge >= 0.3 is 0 Å². The minimum absolute atomic E-state index is 0.0732. The molecule has 1 amide bonds. The molecule has 3 aromatic rings. The number of amides is 1. The van der Waals surface area contributed by atoms with E-state index in [0.717, 1.165) is 22.2 Å². The van der Waals surface area contributed by atoms with Gasteiger partial charge in [-0.1, -0.05) is 12.1 Å². The number of aromatic nitrogens is 2. The number of fused-ring (bicyclic) bond motifs is 1. The molecule has 0 unspecified atom stereocenters. The number of nitrogens with zero attached hydrogens (tertiary/aromatic N) is 3. The van der Waals surface area contributed by atoms with Crippen LogP contribution in [0.5, 0.6) is 0 Å². The fourth-order valence-electron chi connectivity index (χ4n) is 3.13. The van der Waals surface area contributed by atoms with Gasteiger partial charge in [-0.2, -0.15) is 5.10 Å². The summed E-state index contributed by atoms with van der Waals surface area (Å²) in [5, 5.41) is 9.10. The molecule has 0 radical (unpaired) electrons. The molecular weight excluding hydrogens is 339 g/mol. The molecule has 5 nitrogen and oxygen atoms in total. The lowest BCUT2D eigenvalue weighted by atomic mass is 9.91. The summed E-state index contributed by atoms with van der Waals surface area (Å²) in [4.78, 5) is 15.8. The molecule has 1 aliphatic rings. The number of aryl methyl sites for hydroxylation is 2. The lowest BCUT2D eigenvalue weighted by molar-refractivity contribution is 0.0608. The third kappa shape index (κ3) is 2.55. The van der Waals surface area contributed by atoms with Crippen LogP contribution < -0.4 is 5.73 Å². The molecule has 1 saturated heterocycles. The summed E-state index contributed by atoms with van der Waals surface area (Å²) in [7, 11) is 0. The highest BCUT2D eigenvalue weighted by Crippen LogP contribution is 2.37. The van der Waals surface area contributed by atoms with Crippen LogP contribution in [0.2, 0.25) is 0 Å². The fraction of sp³-hybridized carbons (Fsp3) is 0.278. The molecule has 4 rings (SSSR count). The molecule has 0 saturated carbocycles. The number of hydrogen-bond acceptors (Lipinski definition) is 5. The van der Waals surface area contributed by atoms with Crippen LogP contribution in [-0.4, -0.2) is 34.1 Å².